The fourth-order valence-corrected chi connectivity index (χ4v) is 3.56. The van der Waals surface area contributed by atoms with Crippen LogP contribution in [0.25, 0.3) is 6.08 Å². The second kappa shape index (κ2) is 8.86. The third-order valence-corrected chi connectivity index (χ3v) is 5.02. The van der Waals surface area contributed by atoms with Crippen LogP contribution in [0.15, 0.2) is 35.2 Å². The second-order valence-electron chi connectivity index (χ2n) is 5.44. The number of ether oxygens (including phenoxy) is 3. The Labute approximate surface area is 164 Å². The highest BCUT2D eigenvalue weighted by Crippen LogP contribution is 2.37. The van der Waals surface area contributed by atoms with Gasteiger partial charge < -0.3 is 14.2 Å². The average Bonchev–Trinajstić information content (AvgIpc) is 2.71. The minimum atomic E-state index is -4.54. The predicted octanol–water partition coefficient (Wildman–Crippen LogP) is 3.11. The van der Waals surface area contributed by atoms with Crippen molar-refractivity contribution in [2.45, 2.75) is 4.90 Å². The van der Waals surface area contributed by atoms with Crippen LogP contribution in [0.3, 0.4) is 0 Å². The van der Waals surface area contributed by atoms with Crippen LogP contribution < -0.4 is 14.2 Å². The molecular formula is C18H16F3NO6S. The first-order chi connectivity index (χ1) is 13.6. The van der Waals surface area contributed by atoms with Crippen molar-refractivity contribution >= 4 is 27.8 Å². The van der Waals surface area contributed by atoms with E-state index in [0.29, 0.717) is 6.07 Å². The highest BCUT2D eigenvalue weighted by Gasteiger charge is 2.26. The Morgan fingerprint density at radius 2 is 1.72 bits per heavy atom. The number of methoxy groups -OCH3 is 3. The summed E-state index contributed by atoms with van der Waals surface area (Å²) in [6, 6.07) is 3.80. The smallest absolute Gasteiger partial charge is 0.330 e. The van der Waals surface area contributed by atoms with Crippen molar-refractivity contribution in [3.63, 3.8) is 0 Å². The van der Waals surface area contributed by atoms with Gasteiger partial charge in [-0.2, -0.15) is 0 Å². The lowest BCUT2D eigenvalue weighted by Crippen LogP contribution is -2.16. The SMILES string of the molecule is COC(=O)C=Cc1cc(OC)c(OC)c(S(=O)(=O)Nc2ccc(F)c(F)c2F)c1. The van der Waals surface area contributed by atoms with E-state index in [-0.39, 0.29) is 17.1 Å². The molecule has 0 saturated heterocycles. The topological polar surface area (TPSA) is 90.9 Å². The van der Waals surface area contributed by atoms with Crippen LogP contribution in [0, 0.1) is 17.5 Å². The summed E-state index contributed by atoms with van der Waals surface area (Å²) in [7, 11) is -0.943. The quantitative estimate of drug-likeness (QED) is 0.412. The van der Waals surface area contributed by atoms with Crippen molar-refractivity contribution in [2.24, 2.45) is 0 Å². The number of carbonyl (C=O) groups is 1. The van der Waals surface area contributed by atoms with E-state index in [4.69, 9.17) is 9.47 Å². The van der Waals surface area contributed by atoms with Gasteiger partial charge in [-0.05, 0) is 35.9 Å². The molecule has 2 aromatic carbocycles. The van der Waals surface area contributed by atoms with Gasteiger partial charge in [0.1, 0.15) is 4.90 Å². The summed E-state index contributed by atoms with van der Waals surface area (Å²) in [5.41, 5.74) is -0.598. The molecule has 0 unspecified atom stereocenters. The summed E-state index contributed by atoms with van der Waals surface area (Å²) in [5, 5.41) is 0. The molecule has 0 bridgehead atoms. The van der Waals surface area contributed by atoms with E-state index in [9.17, 15) is 26.4 Å². The van der Waals surface area contributed by atoms with Gasteiger partial charge in [0, 0.05) is 6.08 Å². The zero-order valence-corrected chi connectivity index (χ0v) is 16.3. The maximum Gasteiger partial charge on any atom is 0.330 e. The van der Waals surface area contributed by atoms with Crippen LogP contribution in [-0.4, -0.2) is 35.7 Å². The third kappa shape index (κ3) is 4.80. The first-order valence-corrected chi connectivity index (χ1v) is 9.31. The number of anilines is 1. The van der Waals surface area contributed by atoms with E-state index in [1.165, 1.54) is 26.4 Å². The Hall–Kier alpha value is -3.21. The molecule has 29 heavy (non-hydrogen) atoms. The Morgan fingerprint density at radius 1 is 1.03 bits per heavy atom. The Kier molecular flexibility index (Phi) is 6.75. The number of benzene rings is 2. The van der Waals surface area contributed by atoms with Crippen LogP contribution in [-0.2, 0) is 19.6 Å². The van der Waals surface area contributed by atoms with Crippen LogP contribution in [0.5, 0.6) is 11.5 Å². The molecule has 7 nitrogen and oxygen atoms in total. The van der Waals surface area contributed by atoms with Crippen molar-refractivity contribution in [1.29, 1.82) is 0 Å². The van der Waals surface area contributed by atoms with Gasteiger partial charge in [-0.3, -0.25) is 4.72 Å². The van der Waals surface area contributed by atoms with Crippen LogP contribution in [0.4, 0.5) is 18.9 Å². The molecule has 0 aliphatic rings. The zero-order valence-electron chi connectivity index (χ0n) is 15.5. The van der Waals surface area contributed by atoms with E-state index >= 15 is 0 Å². The molecule has 0 saturated carbocycles. The maximum atomic E-state index is 13.9. The van der Waals surface area contributed by atoms with Crippen molar-refractivity contribution in [3.05, 3.63) is 53.4 Å². The molecule has 0 aliphatic carbocycles. The summed E-state index contributed by atoms with van der Waals surface area (Å²) in [6.07, 6.45) is 2.30. The number of rotatable bonds is 7. The van der Waals surface area contributed by atoms with E-state index < -0.39 is 44.0 Å². The van der Waals surface area contributed by atoms with Crippen LogP contribution in [0.1, 0.15) is 5.56 Å². The van der Waals surface area contributed by atoms with E-state index in [1.54, 1.807) is 0 Å². The van der Waals surface area contributed by atoms with E-state index in [0.717, 1.165) is 25.3 Å². The Morgan fingerprint density at radius 3 is 2.31 bits per heavy atom. The molecular weight excluding hydrogens is 415 g/mol. The molecule has 0 radical (unpaired) electrons. The number of carbonyl (C=O) groups excluding carboxylic acids is 1. The Balaban J connectivity index is 2.59. The number of esters is 1. The summed E-state index contributed by atoms with van der Waals surface area (Å²) in [4.78, 5) is 10.8. The third-order valence-electron chi connectivity index (χ3n) is 3.65. The van der Waals surface area contributed by atoms with Gasteiger partial charge in [0.05, 0.1) is 27.0 Å². The van der Waals surface area contributed by atoms with Gasteiger partial charge in [0.15, 0.2) is 29.0 Å². The second-order valence-corrected chi connectivity index (χ2v) is 7.09. The lowest BCUT2D eigenvalue weighted by Gasteiger charge is -2.16. The van der Waals surface area contributed by atoms with Crippen molar-refractivity contribution in [2.75, 3.05) is 26.1 Å². The van der Waals surface area contributed by atoms with Gasteiger partial charge in [-0.15, -0.1) is 0 Å². The number of sulfonamides is 1. The van der Waals surface area contributed by atoms with Gasteiger partial charge in [0.25, 0.3) is 10.0 Å². The van der Waals surface area contributed by atoms with Gasteiger partial charge in [-0.25, -0.2) is 26.4 Å². The van der Waals surface area contributed by atoms with Crippen molar-refractivity contribution in [1.82, 2.24) is 0 Å². The molecule has 0 heterocycles. The molecule has 0 spiro atoms. The number of nitrogens with one attached hydrogen (secondary N) is 1. The first-order valence-electron chi connectivity index (χ1n) is 7.83. The zero-order chi connectivity index (χ0) is 21.8. The fraction of sp³-hybridized carbons (Fsp3) is 0.167. The number of halogens is 3. The highest BCUT2D eigenvalue weighted by molar-refractivity contribution is 7.92. The van der Waals surface area contributed by atoms with Gasteiger partial charge >= 0.3 is 5.97 Å². The highest BCUT2D eigenvalue weighted by atomic mass is 32.2. The molecule has 2 rings (SSSR count). The summed E-state index contributed by atoms with van der Waals surface area (Å²) >= 11 is 0. The molecule has 0 aromatic heterocycles. The first kappa shape index (κ1) is 22.1. The summed E-state index contributed by atoms with van der Waals surface area (Å²) in [6.45, 7) is 0. The molecule has 11 heteroatoms. The predicted molar refractivity (Wildman–Crippen MR) is 97.7 cm³/mol. The van der Waals surface area contributed by atoms with Crippen LogP contribution in [0.2, 0.25) is 0 Å². The largest absolute Gasteiger partial charge is 0.493 e. The number of hydrogen-bond donors (Lipinski definition) is 1. The lowest BCUT2D eigenvalue weighted by atomic mass is 10.2. The molecule has 0 aliphatic heterocycles. The molecule has 0 amide bonds. The lowest BCUT2D eigenvalue weighted by molar-refractivity contribution is -0.134. The van der Waals surface area contributed by atoms with Gasteiger partial charge in [0.2, 0.25) is 0 Å². The van der Waals surface area contributed by atoms with Crippen LogP contribution >= 0.6 is 0 Å². The van der Waals surface area contributed by atoms with Crippen molar-refractivity contribution in [3.8, 4) is 11.5 Å². The molecule has 1 N–H and O–H groups in total. The van der Waals surface area contributed by atoms with Gasteiger partial charge in [-0.1, -0.05) is 0 Å². The molecule has 0 atom stereocenters. The van der Waals surface area contributed by atoms with E-state index in [1.807, 2.05) is 4.72 Å². The summed E-state index contributed by atoms with van der Waals surface area (Å²) in [5.74, 6) is -5.93. The monoisotopic (exact) mass is 431 g/mol. The normalized spacial score (nSPS) is 11.4. The van der Waals surface area contributed by atoms with E-state index in [2.05, 4.69) is 4.74 Å². The summed E-state index contributed by atoms with van der Waals surface area (Å²) < 4.78 is 82.5. The minimum absolute atomic E-state index is 0.00866. The maximum absolute atomic E-state index is 13.9. The average molecular weight is 431 g/mol. The molecule has 2 aromatic rings. The number of hydrogen-bond acceptors (Lipinski definition) is 6. The fourth-order valence-electron chi connectivity index (χ4n) is 2.28. The minimum Gasteiger partial charge on any atom is -0.493 e. The van der Waals surface area contributed by atoms with Crippen molar-refractivity contribution < 1.29 is 40.6 Å². The standard InChI is InChI=1S/C18H16F3NO6S/c1-26-13-8-10(4-7-15(23)27-2)9-14(18(13)28-3)29(24,25)22-12-6-5-11(19)16(20)17(12)21/h4-9,22H,1-3H3. The Bertz CT molecular complexity index is 1070. The molecule has 0 fully saturated rings. The molecule has 156 valence electrons.